The van der Waals surface area contributed by atoms with Crippen molar-refractivity contribution in [1.29, 1.82) is 0 Å². The van der Waals surface area contributed by atoms with Gasteiger partial charge in [0.2, 0.25) is 11.8 Å². The summed E-state index contributed by atoms with van der Waals surface area (Å²) in [6.07, 6.45) is -0.344. The first-order chi connectivity index (χ1) is 15.4. The Morgan fingerprint density at radius 2 is 1.67 bits per heavy atom. The molecule has 0 bridgehead atoms. The molecule has 0 saturated carbocycles. The van der Waals surface area contributed by atoms with Crippen molar-refractivity contribution in [2.75, 3.05) is 20.2 Å². The van der Waals surface area contributed by atoms with Crippen molar-refractivity contribution in [2.45, 2.75) is 65.6 Å². The maximum Gasteiger partial charge on any atom is 0.408 e. The van der Waals surface area contributed by atoms with Gasteiger partial charge in [0.15, 0.2) is 0 Å². The van der Waals surface area contributed by atoms with E-state index in [9.17, 15) is 19.2 Å². The summed E-state index contributed by atoms with van der Waals surface area (Å²) in [6.45, 7) is 10.7. The van der Waals surface area contributed by atoms with Gasteiger partial charge in [0.25, 0.3) is 0 Å². The molecule has 1 aromatic carbocycles. The normalized spacial score (nSPS) is 13.0. The number of hydrogen-bond donors (Lipinski definition) is 2. The third-order valence-electron chi connectivity index (χ3n) is 4.63. The summed E-state index contributed by atoms with van der Waals surface area (Å²) in [5.74, 6) is -1.45. The molecule has 2 atom stereocenters. The number of hydrogen-bond acceptors (Lipinski definition) is 6. The number of amides is 3. The molecule has 33 heavy (non-hydrogen) atoms. The van der Waals surface area contributed by atoms with Crippen LogP contribution in [0.15, 0.2) is 30.3 Å². The van der Waals surface area contributed by atoms with Gasteiger partial charge >= 0.3 is 12.1 Å². The van der Waals surface area contributed by atoms with Crippen molar-refractivity contribution in [1.82, 2.24) is 15.5 Å². The SMILES string of the molecule is CCN(C(=O)C(CC(C)C)NC(=O)OC(C)(C)C)C(C(=O)NCC(=O)OC)c1ccccc1. The van der Waals surface area contributed by atoms with Crippen LogP contribution in [0.25, 0.3) is 0 Å². The molecule has 184 valence electrons. The van der Waals surface area contributed by atoms with Crippen LogP contribution in [-0.4, -0.2) is 60.6 Å². The molecule has 0 aliphatic heterocycles. The third-order valence-corrected chi connectivity index (χ3v) is 4.63. The van der Waals surface area contributed by atoms with Gasteiger partial charge in [-0.25, -0.2) is 4.79 Å². The smallest absolute Gasteiger partial charge is 0.408 e. The number of nitrogens with zero attached hydrogens (tertiary/aromatic N) is 1. The van der Waals surface area contributed by atoms with Crippen LogP contribution >= 0.6 is 0 Å². The highest BCUT2D eigenvalue weighted by atomic mass is 16.6. The fourth-order valence-corrected chi connectivity index (χ4v) is 3.24. The van der Waals surface area contributed by atoms with Gasteiger partial charge < -0.3 is 25.0 Å². The Kier molecular flexibility index (Phi) is 10.8. The Morgan fingerprint density at radius 3 is 2.15 bits per heavy atom. The topological polar surface area (TPSA) is 114 Å². The van der Waals surface area contributed by atoms with Crippen LogP contribution in [0.5, 0.6) is 0 Å². The van der Waals surface area contributed by atoms with Crippen molar-refractivity contribution in [3.8, 4) is 0 Å². The Labute approximate surface area is 196 Å². The third kappa shape index (κ3) is 9.51. The van der Waals surface area contributed by atoms with E-state index >= 15 is 0 Å². The molecule has 0 aliphatic carbocycles. The van der Waals surface area contributed by atoms with Gasteiger partial charge in [0.1, 0.15) is 24.2 Å². The van der Waals surface area contributed by atoms with Crippen LogP contribution in [0.3, 0.4) is 0 Å². The van der Waals surface area contributed by atoms with Crippen molar-refractivity contribution >= 4 is 23.9 Å². The maximum atomic E-state index is 13.6. The zero-order chi connectivity index (χ0) is 25.2. The first-order valence-corrected chi connectivity index (χ1v) is 11.1. The van der Waals surface area contributed by atoms with E-state index in [1.165, 1.54) is 12.0 Å². The fourth-order valence-electron chi connectivity index (χ4n) is 3.24. The number of alkyl carbamates (subject to hydrolysis) is 1. The van der Waals surface area contributed by atoms with Gasteiger partial charge in [0.05, 0.1) is 7.11 Å². The Bertz CT molecular complexity index is 804. The lowest BCUT2D eigenvalue weighted by molar-refractivity contribution is -0.144. The second-order valence-corrected chi connectivity index (χ2v) is 9.06. The Balaban J connectivity index is 3.26. The van der Waals surface area contributed by atoms with Crippen LogP contribution in [-0.2, 0) is 23.9 Å². The molecule has 3 amide bonds. The summed E-state index contributed by atoms with van der Waals surface area (Å²) in [6, 6.07) is 6.91. The van der Waals surface area contributed by atoms with Crippen LogP contribution in [0.1, 0.15) is 59.6 Å². The Morgan fingerprint density at radius 1 is 1.06 bits per heavy atom. The lowest BCUT2D eigenvalue weighted by Gasteiger charge is -2.34. The fraction of sp³-hybridized carbons (Fsp3) is 0.583. The van der Waals surface area contributed by atoms with Crippen molar-refractivity contribution in [2.24, 2.45) is 5.92 Å². The van der Waals surface area contributed by atoms with E-state index in [0.717, 1.165) is 0 Å². The first kappa shape index (κ1) is 27.9. The van der Waals surface area contributed by atoms with Gasteiger partial charge in [-0.3, -0.25) is 14.4 Å². The minimum absolute atomic E-state index is 0.0934. The second-order valence-electron chi connectivity index (χ2n) is 9.06. The number of esters is 1. The summed E-state index contributed by atoms with van der Waals surface area (Å²) < 4.78 is 9.92. The molecule has 0 fully saturated rings. The quantitative estimate of drug-likeness (QED) is 0.516. The molecule has 0 spiro atoms. The predicted octanol–water partition coefficient (Wildman–Crippen LogP) is 2.80. The van der Waals surface area contributed by atoms with Crippen molar-refractivity contribution < 1.29 is 28.7 Å². The summed E-state index contributed by atoms with van der Waals surface area (Å²) in [5, 5.41) is 5.20. The van der Waals surface area contributed by atoms with E-state index < -0.39 is 41.6 Å². The number of nitrogens with one attached hydrogen (secondary N) is 2. The van der Waals surface area contributed by atoms with Gasteiger partial charge in [-0.2, -0.15) is 0 Å². The average molecular weight is 464 g/mol. The average Bonchev–Trinajstić information content (AvgIpc) is 2.73. The van der Waals surface area contributed by atoms with Crippen molar-refractivity contribution in [3.63, 3.8) is 0 Å². The summed E-state index contributed by atoms with van der Waals surface area (Å²) >= 11 is 0. The molecule has 0 saturated heterocycles. The molecule has 2 unspecified atom stereocenters. The van der Waals surface area contributed by atoms with Crippen LogP contribution < -0.4 is 10.6 Å². The highest BCUT2D eigenvalue weighted by molar-refractivity contribution is 5.93. The van der Waals surface area contributed by atoms with Gasteiger partial charge in [-0.05, 0) is 45.6 Å². The summed E-state index contributed by atoms with van der Waals surface area (Å²) in [7, 11) is 1.23. The highest BCUT2D eigenvalue weighted by Gasteiger charge is 2.35. The number of methoxy groups -OCH3 is 1. The molecular weight excluding hydrogens is 426 g/mol. The maximum absolute atomic E-state index is 13.6. The van der Waals surface area contributed by atoms with E-state index in [4.69, 9.17) is 4.74 Å². The minimum atomic E-state index is -0.997. The standard InChI is InChI=1S/C24H37N3O6/c1-8-27(22(30)18(14-16(2)3)26-23(31)33-24(4,5)6)20(17-12-10-9-11-13-17)21(29)25-15-19(28)32-7/h9-13,16,18,20H,8,14-15H2,1-7H3,(H,25,29)(H,26,31). The van der Waals surface area contributed by atoms with E-state index in [1.54, 1.807) is 58.0 Å². The number of carbonyl (C=O) groups is 4. The zero-order valence-electron chi connectivity index (χ0n) is 20.6. The molecule has 9 heteroatoms. The summed E-state index contributed by atoms with van der Waals surface area (Å²) in [4.78, 5) is 52.1. The largest absolute Gasteiger partial charge is 0.468 e. The van der Waals surface area contributed by atoms with Gasteiger partial charge in [0, 0.05) is 6.54 Å². The molecule has 0 heterocycles. The zero-order valence-corrected chi connectivity index (χ0v) is 20.6. The lowest BCUT2D eigenvalue weighted by atomic mass is 9.99. The lowest BCUT2D eigenvalue weighted by Crippen LogP contribution is -2.53. The van der Waals surface area contributed by atoms with Crippen molar-refractivity contribution in [3.05, 3.63) is 35.9 Å². The highest BCUT2D eigenvalue weighted by Crippen LogP contribution is 2.23. The summed E-state index contributed by atoms with van der Waals surface area (Å²) in [5.41, 5.74) is -0.143. The van der Waals surface area contributed by atoms with Gasteiger partial charge in [-0.15, -0.1) is 0 Å². The number of ether oxygens (including phenoxy) is 2. The van der Waals surface area contributed by atoms with Gasteiger partial charge in [-0.1, -0.05) is 44.2 Å². The number of rotatable bonds is 10. The number of benzene rings is 1. The monoisotopic (exact) mass is 463 g/mol. The van der Waals surface area contributed by atoms with E-state index in [1.807, 2.05) is 13.8 Å². The minimum Gasteiger partial charge on any atom is -0.468 e. The number of likely N-dealkylation sites (N-methyl/N-ethyl adjacent to an activating group) is 1. The second kappa shape index (κ2) is 12.8. The molecule has 9 nitrogen and oxygen atoms in total. The molecule has 0 aliphatic rings. The van der Waals surface area contributed by atoms with E-state index in [2.05, 4.69) is 15.4 Å². The Hall–Kier alpha value is -3.10. The molecule has 1 rings (SSSR count). The molecular formula is C24H37N3O6. The molecule has 2 N–H and O–H groups in total. The molecule has 1 aromatic rings. The predicted molar refractivity (Wildman–Crippen MR) is 124 cm³/mol. The number of carbonyl (C=O) groups excluding carboxylic acids is 4. The van der Waals surface area contributed by atoms with E-state index in [0.29, 0.717) is 12.0 Å². The first-order valence-electron chi connectivity index (χ1n) is 11.1. The van der Waals surface area contributed by atoms with E-state index in [-0.39, 0.29) is 19.0 Å². The van der Waals surface area contributed by atoms with Crippen LogP contribution in [0.2, 0.25) is 0 Å². The molecule has 0 aromatic heterocycles. The van der Waals surface area contributed by atoms with Crippen LogP contribution in [0.4, 0.5) is 4.79 Å². The van der Waals surface area contributed by atoms with Crippen LogP contribution in [0, 0.1) is 5.92 Å². The molecule has 0 radical (unpaired) electrons.